The molecule has 0 radical (unpaired) electrons. The molecule has 33 heavy (non-hydrogen) atoms. The Balaban J connectivity index is 3.55. The Hall–Kier alpha value is -2.62. The molecule has 0 aliphatic carbocycles. The highest BCUT2D eigenvalue weighted by Gasteiger charge is 2.93. The zero-order valence-electron chi connectivity index (χ0n) is 15.2. The van der Waals surface area contributed by atoms with E-state index < -0.39 is 59.2 Å². The van der Waals surface area contributed by atoms with Gasteiger partial charge in [-0.2, -0.15) is 65.9 Å². The Morgan fingerprint density at radius 1 is 0.606 bits per heavy atom. The molecule has 1 aromatic carbocycles. The summed E-state index contributed by atoms with van der Waals surface area (Å²) in [7, 11) is 0. The summed E-state index contributed by atoms with van der Waals surface area (Å²) >= 11 is 0. The van der Waals surface area contributed by atoms with E-state index in [1.807, 2.05) is 0 Å². The predicted octanol–water partition coefficient (Wildman–Crippen LogP) is 6.38. The number of benzene rings is 1. The van der Waals surface area contributed by atoms with Crippen molar-refractivity contribution in [3.63, 3.8) is 0 Å². The van der Waals surface area contributed by atoms with E-state index in [2.05, 4.69) is 0 Å². The van der Waals surface area contributed by atoms with Gasteiger partial charge in [0.1, 0.15) is 5.71 Å². The Kier molecular flexibility index (Phi) is 6.89. The second-order valence-electron chi connectivity index (χ2n) is 6.32. The average Bonchev–Trinajstić information content (AvgIpc) is 2.66. The quantitative estimate of drug-likeness (QED) is 0.307. The van der Waals surface area contributed by atoms with Crippen molar-refractivity contribution >= 4 is 11.4 Å². The van der Waals surface area contributed by atoms with Crippen molar-refractivity contribution in [2.45, 2.75) is 41.7 Å². The van der Waals surface area contributed by atoms with Crippen molar-refractivity contribution in [3.05, 3.63) is 42.0 Å². The summed E-state index contributed by atoms with van der Waals surface area (Å²) in [5.41, 5.74) is 0.880. The molecule has 1 aromatic rings. The third-order valence-corrected chi connectivity index (χ3v) is 4.07. The van der Waals surface area contributed by atoms with Gasteiger partial charge in [-0.25, -0.2) is 0 Å². The summed E-state index contributed by atoms with van der Waals surface area (Å²) in [6.07, 6.45) is -8.13. The lowest BCUT2D eigenvalue weighted by molar-refractivity contribution is -0.448. The van der Waals surface area contributed by atoms with E-state index in [1.54, 1.807) is 0 Å². The molecule has 0 unspecified atom stereocenters. The van der Waals surface area contributed by atoms with Crippen LogP contribution in [-0.4, -0.2) is 47.4 Å². The molecule has 0 aliphatic heterocycles. The molecular formula is C16H9F15N2. The first-order valence-electron chi connectivity index (χ1n) is 7.86. The monoisotopic (exact) mass is 514 g/mol. The number of nitrogens with one attached hydrogen (secondary N) is 1. The van der Waals surface area contributed by atoms with Crippen LogP contribution in [0.4, 0.5) is 65.9 Å². The standard InChI is InChI=1S/C16H9F15N2/c17-10(18,9(33)6-8(32)7-4-2-1-3-5-7)11(19,20)12(21,22)13(23,24)14(25,26)15(27,28)16(29,30)31/h1-6,33H,32H2/b8-6-,33-9?. The van der Waals surface area contributed by atoms with Crippen molar-refractivity contribution in [1.82, 2.24) is 0 Å². The van der Waals surface area contributed by atoms with E-state index in [9.17, 15) is 65.9 Å². The average molecular weight is 514 g/mol. The molecule has 188 valence electrons. The summed E-state index contributed by atoms with van der Waals surface area (Å²) in [6, 6.07) is 5.72. The maximum atomic E-state index is 13.9. The van der Waals surface area contributed by atoms with Gasteiger partial charge in [0.2, 0.25) is 0 Å². The zero-order chi connectivity index (χ0) is 26.5. The molecule has 0 aliphatic rings. The van der Waals surface area contributed by atoms with Crippen molar-refractivity contribution in [1.29, 1.82) is 5.41 Å². The van der Waals surface area contributed by atoms with Gasteiger partial charge in [-0.15, -0.1) is 0 Å². The molecule has 3 N–H and O–H groups in total. The van der Waals surface area contributed by atoms with Gasteiger partial charge < -0.3 is 5.73 Å². The maximum absolute atomic E-state index is 13.9. The van der Waals surface area contributed by atoms with Crippen molar-refractivity contribution < 1.29 is 65.9 Å². The maximum Gasteiger partial charge on any atom is 0.460 e. The van der Waals surface area contributed by atoms with Crippen molar-refractivity contribution in [2.75, 3.05) is 0 Å². The van der Waals surface area contributed by atoms with E-state index in [0.717, 1.165) is 12.1 Å². The third-order valence-electron chi connectivity index (χ3n) is 4.07. The summed E-state index contributed by atoms with van der Waals surface area (Å²) in [6.45, 7) is 0. The molecule has 0 amide bonds. The first-order chi connectivity index (χ1) is 14.4. The second kappa shape index (κ2) is 8.00. The van der Waals surface area contributed by atoms with Crippen LogP contribution in [0.5, 0.6) is 0 Å². The van der Waals surface area contributed by atoms with Gasteiger partial charge in [-0.05, 0) is 11.6 Å². The van der Waals surface area contributed by atoms with Crippen LogP contribution >= 0.6 is 0 Å². The van der Waals surface area contributed by atoms with Crippen molar-refractivity contribution in [2.24, 2.45) is 5.73 Å². The van der Waals surface area contributed by atoms with E-state index in [1.165, 1.54) is 18.2 Å². The minimum absolute atomic E-state index is 0.296. The number of hydrogen-bond donors (Lipinski definition) is 2. The second-order valence-corrected chi connectivity index (χ2v) is 6.32. The molecule has 17 heteroatoms. The van der Waals surface area contributed by atoms with Crippen LogP contribution in [-0.2, 0) is 0 Å². The van der Waals surface area contributed by atoms with Gasteiger partial charge >= 0.3 is 41.7 Å². The zero-order valence-corrected chi connectivity index (χ0v) is 15.2. The molecule has 0 heterocycles. The van der Waals surface area contributed by atoms with Crippen LogP contribution in [0.1, 0.15) is 5.56 Å². The van der Waals surface area contributed by atoms with Crippen LogP contribution in [0.2, 0.25) is 0 Å². The van der Waals surface area contributed by atoms with Gasteiger partial charge in [-0.3, -0.25) is 5.41 Å². The van der Waals surface area contributed by atoms with Crippen LogP contribution in [0.25, 0.3) is 5.70 Å². The van der Waals surface area contributed by atoms with E-state index >= 15 is 0 Å². The van der Waals surface area contributed by atoms with Gasteiger partial charge in [-0.1, -0.05) is 30.3 Å². The highest BCUT2D eigenvalue weighted by Crippen LogP contribution is 2.62. The highest BCUT2D eigenvalue weighted by molar-refractivity contribution is 6.03. The highest BCUT2D eigenvalue weighted by atomic mass is 19.4. The van der Waals surface area contributed by atoms with Crippen LogP contribution in [0.15, 0.2) is 36.4 Å². The van der Waals surface area contributed by atoms with Crippen molar-refractivity contribution in [3.8, 4) is 0 Å². The summed E-state index contributed by atoms with van der Waals surface area (Å²) in [5.74, 6) is -47.6. The number of rotatable bonds is 8. The van der Waals surface area contributed by atoms with E-state index in [0.29, 0.717) is 0 Å². The smallest absolute Gasteiger partial charge is 0.398 e. The Labute approximate surface area is 173 Å². The molecule has 2 nitrogen and oxygen atoms in total. The molecule has 0 spiro atoms. The first kappa shape index (κ1) is 28.4. The minimum atomic E-state index is -8.40. The molecule has 0 atom stereocenters. The molecule has 0 saturated heterocycles. The lowest BCUT2D eigenvalue weighted by atomic mass is 9.89. The SMILES string of the molecule is N=C(/C=C(\N)c1ccccc1)C(F)(F)C(F)(F)C(F)(F)C(F)(F)C(F)(F)C(F)(F)C(F)(F)F. The lowest BCUT2D eigenvalue weighted by Crippen LogP contribution is -2.73. The molecule has 0 saturated carbocycles. The molecule has 0 fully saturated rings. The van der Waals surface area contributed by atoms with Crippen LogP contribution in [0.3, 0.4) is 0 Å². The molecule has 0 aromatic heterocycles. The predicted molar refractivity (Wildman–Crippen MR) is 82.1 cm³/mol. The Bertz CT molecular complexity index is 900. The Morgan fingerprint density at radius 3 is 1.36 bits per heavy atom. The van der Waals surface area contributed by atoms with E-state index in [4.69, 9.17) is 11.1 Å². The van der Waals surface area contributed by atoms with E-state index in [-0.39, 0.29) is 5.56 Å². The summed E-state index contributed by atoms with van der Waals surface area (Å²) in [4.78, 5) is 0. The first-order valence-corrected chi connectivity index (χ1v) is 7.86. The number of allylic oxidation sites excluding steroid dienone is 1. The fourth-order valence-electron chi connectivity index (χ4n) is 2.10. The summed E-state index contributed by atoms with van der Waals surface area (Å²) in [5, 5.41) is 6.81. The van der Waals surface area contributed by atoms with Gasteiger partial charge in [0.15, 0.2) is 0 Å². The van der Waals surface area contributed by atoms with Crippen LogP contribution < -0.4 is 5.73 Å². The molecule has 0 bridgehead atoms. The number of halogens is 15. The Morgan fingerprint density at radius 2 is 0.970 bits per heavy atom. The number of hydrogen-bond acceptors (Lipinski definition) is 2. The normalized spacial score (nSPS) is 15.5. The van der Waals surface area contributed by atoms with Gasteiger partial charge in [0, 0.05) is 5.70 Å². The van der Waals surface area contributed by atoms with Gasteiger partial charge in [0.05, 0.1) is 0 Å². The molecular weight excluding hydrogens is 505 g/mol. The molecule has 1 rings (SSSR count). The minimum Gasteiger partial charge on any atom is -0.398 e. The lowest BCUT2D eigenvalue weighted by Gasteiger charge is -2.41. The summed E-state index contributed by atoms with van der Waals surface area (Å²) < 4.78 is 197. The fraction of sp³-hybridized carbons (Fsp3) is 0.438. The third kappa shape index (κ3) is 4.09. The largest absolute Gasteiger partial charge is 0.460 e. The van der Waals surface area contributed by atoms with Gasteiger partial charge in [0.25, 0.3) is 0 Å². The topological polar surface area (TPSA) is 49.9 Å². The van der Waals surface area contributed by atoms with Crippen LogP contribution in [0, 0.1) is 5.41 Å². The number of nitrogens with two attached hydrogens (primary N) is 1. The fourth-order valence-corrected chi connectivity index (χ4v) is 2.10. The number of alkyl halides is 15.